The molecule has 1 aromatic carbocycles. The molecule has 5 nitrogen and oxygen atoms in total. The van der Waals surface area contributed by atoms with Gasteiger partial charge in [0.15, 0.2) is 5.65 Å². The Morgan fingerprint density at radius 3 is 2.69 bits per heavy atom. The van der Waals surface area contributed by atoms with Crippen LogP contribution < -0.4 is 5.32 Å². The zero-order valence-corrected chi connectivity index (χ0v) is 15.1. The molecule has 0 aliphatic carbocycles. The van der Waals surface area contributed by atoms with Gasteiger partial charge in [-0.2, -0.15) is 0 Å². The molecule has 6 heteroatoms. The molecule has 0 radical (unpaired) electrons. The van der Waals surface area contributed by atoms with Crippen LogP contribution in [-0.4, -0.2) is 22.0 Å². The van der Waals surface area contributed by atoms with E-state index in [0.717, 1.165) is 11.3 Å². The summed E-state index contributed by atoms with van der Waals surface area (Å²) in [6, 6.07) is 8.14. The Bertz CT molecular complexity index is 986. The number of ether oxygens (including phenoxy) is 1. The number of nitrogens with one attached hydrogen (secondary N) is 1. The Morgan fingerprint density at radius 1 is 1.19 bits per heavy atom. The van der Waals surface area contributed by atoms with E-state index in [1.807, 2.05) is 26.0 Å². The summed E-state index contributed by atoms with van der Waals surface area (Å²) < 4.78 is 19.0. The third kappa shape index (κ3) is 3.64. The van der Waals surface area contributed by atoms with Crippen molar-refractivity contribution in [1.29, 1.82) is 0 Å². The predicted octanol–water partition coefficient (Wildman–Crippen LogP) is 4.69. The highest BCUT2D eigenvalue weighted by atomic mass is 19.1. The van der Waals surface area contributed by atoms with Crippen molar-refractivity contribution in [1.82, 2.24) is 9.97 Å². The molecule has 0 aliphatic heterocycles. The Hall–Kier alpha value is -3.02. The van der Waals surface area contributed by atoms with Crippen LogP contribution >= 0.6 is 0 Å². The van der Waals surface area contributed by atoms with Gasteiger partial charge in [-0.3, -0.25) is 0 Å². The van der Waals surface area contributed by atoms with Crippen LogP contribution in [0.2, 0.25) is 0 Å². The summed E-state index contributed by atoms with van der Waals surface area (Å²) in [5.41, 5.74) is 3.51. The maximum Gasteiger partial charge on any atom is 0.342 e. The lowest BCUT2D eigenvalue weighted by molar-refractivity contribution is 0.0379. The minimum atomic E-state index is -0.494. The largest absolute Gasteiger partial charge is 0.459 e. The SMILES string of the molecule is Cc1ccc2c(Nc3cc(F)ccc3C)c(C(=O)OC(C)C)cnc2n1. The molecule has 0 unspecified atom stereocenters. The van der Waals surface area contributed by atoms with Crippen LogP contribution in [0.4, 0.5) is 15.8 Å². The standard InChI is InChI=1S/C20H20FN3O2/c1-11(2)26-20(25)16-10-22-19-15(8-6-13(4)23-19)18(16)24-17-9-14(21)7-5-12(17)3/h5-11H,1-4H3,(H,22,23,24). The lowest BCUT2D eigenvalue weighted by Gasteiger charge is -2.16. The fourth-order valence-corrected chi connectivity index (χ4v) is 2.60. The normalized spacial score (nSPS) is 11.0. The van der Waals surface area contributed by atoms with Crippen molar-refractivity contribution in [3.8, 4) is 0 Å². The number of pyridine rings is 2. The summed E-state index contributed by atoms with van der Waals surface area (Å²) in [4.78, 5) is 21.2. The van der Waals surface area contributed by atoms with Gasteiger partial charge in [0.1, 0.15) is 11.4 Å². The average molecular weight is 353 g/mol. The summed E-state index contributed by atoms with van der Waals surface area (Å²) in [6.45, 7) is 7.29. The minimum absolute atomic E-state index is 0.266. The Morgan fingerprint density at radius 2 is 1.96 bits per heavy atom. The van der Waals surface area contributed by atoms with Crippen molar-refractivity contribution in [2.75, 3.05) is 5.32 Å². The van der Waals surface area contributed by atoms with E-state index in [9.17, 15) is 9.18 Å². The van der Waals surface area contributed by atoms with Crippen LogP contribution in [-0.2, 0) is 4.74 Å². The second-order valence-electron chi connectivity index (χ2n) is 6.41. The third-order valence-electron chi connectivity index (χ3n) is 3.89. The number of anilines is 2. The third-order valence-corrected chi connectivity index (χ3v) is 3.89. The van der Waals surface area contributed by atoms with Crippen LogP contribution in [0.1, 0.15) is 35.5 Å². The van der Waals surface area contributed by atoms with Gasteiger partial charge < -0.3 is 10.1 Å². The Labute approximate surface area is 151 Å². The molecule has 0 fully saturated rings. The lowest BCUT2D eigenvalue weighted by atomic mass is 10.1. The maximum atomic E-state index is 13.7. The lowest BCUT2D eigenvalue weighted by Crippen LogP contribution is -2.14. The van der Waals surface area contributed by atoms with Crippen molar-refractivity contribution in [2.45, 2.75) is 33.8 Å². The number of carbonyl (C=O) groups is 1. The molecule has 0 amide bonds. The number of hydrogen-bond acceptors (Lipinski definition) is 5. The number of nitrogens with zero attached hydrogens (tertiary/aromatic N) is 2. The first-order valence-corrected chi connectivity index (χ1v) is 8.35. The van der Waals surface area contributed by atoms with Crippen molar-refractivity contribution in [3.05, 3.63) is 59.2 Å². The molecule has 0 aliphatic rings. The van der Waals surface area contributed by atoms with Crippen LogP contribution in [0.5, 0.6) is 0 Å². The zero-order chi connectivity index (χ0) is 18.8. The van der Waals surface area contributed by atoms with Gasteiger partial charge in [-0.05, 0) is 57.5 Å². The van der Waals surface area contributed by atoms with Gasteiger partial charge in [0.25, 0.3) is 0 Å². The first kappa shape index (κ1) is 17.8. The molecule has 1 N–H and O–H groups in total. The molecule has 26 heavy (non-hydrogen) atoms. The summed E-state index contributed by atoms with van der Waals surface area (Å²) >= 11 is 0. The number of halogens is 1. The zero-order valence-electron chi connectivity index (χ0n) is 15.1. The molecule has 2 heterocycles. The molecule has 134 valence electrons. The molecule has 0 bridgehead atoms. The van der Waals surface area contributed by atoms with Crippen molar-refractivity contribution in [2.24, 2.45) is 0 Å². The number of carbonyl (C=O) groups excluding carboxylic acids is 1. The van der Waals surface area contributed by atoms with Gasteiger partial charge in [-0.25, -0.2) is 19.2 Å². The van der Waals surface area contributed by atoms with E-state index in [0.29, 0.717) is 22.4 Å². The van der Waals surface area contributed by atoms with Crippen molar-refractivity contribution < 1.29 is 13.9 Å². The van der Waals surface area contributed by atoms with Crippen LogP contribution in [0.15, 0.2) is 36.5 Å². The van der Waals surface area contributed by atoms with E-state index in [4.69, 9.17) is 4.74 Å². The van der Waals surface area contributed by atoms with Crippen molar-refractivity contribution in [3.63, 3.8) is 0 Å². The van der Waals surface area contributed by atoms with Crippen LogP contribution in [0.25, 0.3) is 11.0 Å². The number of benzene rings is 1. The second kappa shape index (κ2) is 7.07. The number of rotatable bonds is 4. The predicted molar refractivity (Wildman–Crippen MR) is 99.2 cm³/mol. The first-order valence-electron chi connectivity index (χ1n) is 8.35. The van der Waals surface area contributed by atoms with Gasteiger partial charge in [0.2, 0.25) is 0 Å². The molecule has 0 atom stereocenters. The van der Waals surface area contributed by atoms with Gasteiger partial charge in [0.05, 0.1) is 11.8 Å². The van der Waals surface area contributed by atoms with Crippen LogP contribution in [0, 0.1) is 19.7 Å². The van der Waals surface area contributed by atoms with Gasteiger partial charge in [-0.1, -0.05) is 6.07 Å². The average Bonchev–Trinajstić information content (AvgIpc) is 2.57. The van der Waals surface area contributed by atoms with E-state index in [1.165, 1.54) is 18.3 Å². The topological polar surface area (TPSA) is 64.1 Å². The Kier molecular flexibility index (Phi) is 4.84. The number of aryl methyl sites for hydroxylation is 2. The van der Waals surface area contributed by atoms with Crippen LogP contribution in [0.3, 0.4) is 0 Å². The van der Waals surface area contributed by atoms with Crippen molar-refractivity contribution >= 4 is 28.4 Å². The molecule has 0 saturated heterocycles. The quantitative estimate of drug-likeness (QED) is 0.689. The monoisotopic (exact) mass is 353 g/mol. The van der Waals surface area contributed by atoms with Gasteiger partial charge in [0, 0.05) is 23.0 Å². The smallest absolute Gasteiger partial charge is 0.342 e. The second-order valence-corrected chi connectivity index (χ2v) is 6.41. The highest BCUT2D eigenvalue weighted by Crippen LogP contribution is 2.31. The molecule has 0 saturated carbocycles. The number of esters is 1. The first-order chi connectivity index (χ1) is 12.3. The number of aromatic nitrogens is 2. The summed E-state index contributed by atoms with van der Waals surface area (Å²) in [5.74, 6) is -0.858. The number of hydrogen-bond donors (Lipinski definition) is 1. The molecule has 2 aromatic heterocycles. The molecule has 3 aromatic rings. The maximum absolute atomic E-state index is 13.7. The van der Waals surface area contributed by atoms with Gasteiger partial charge in [-0.15, -0.1) is 0 Å². The number of fused-ring (bicyclic) bond motifs is 1. The van der Waals surface area contributed by atoms with E-state index in [2.05, 4.69) is 15.3 Å². The summed E-state index contributed by atoms with van der Waals surface area (Å²) in [7, 11) is 0. The molecule has 0 spiro atoms. The molecular weight excluding hydrogens is 333 g/mol. The van der Waals surface area contributed by atoms with E-state index < -0.39 is 5.97 Å². The summed E-state index contributed by atoms with van der Waals surface area (Å²) in [6.07, 6.45) is 1.18. The summed E-state index contributed by atoms with van der Waals surface area (Å²) in [5, 5.41) is 3.84. The molecular formula is C20H20FN3O2. The van der Waals surface area contributed by atoms with E-state index in [1.54, 1.807) is 19.9 Å². The minimum Gasteiger partial charge on any atom is -0.459 e. The highest BCUT2D eigenvalue weighted by molar-refractivity contribution is 6.05. The highest BCUT2D eigenvalue weighted by Gasteiger charge is 2.19. The fourth-order valence-electron chi connectivity index (χ4n) is 2.60. The Balaban J connectivity index is 2.18. The fraction of sp³-hybridized carbons (Fsp3) is 0.250. The van der Waals surface area contributed by atoms with Gasteiger partial charge >= 0.3 is 5.97 Å². The van der Waals surface area contributed by atoms with E-state index in [-0.39, 0.29) is 17.5 Å². The molecule has 3 rings (SSSR count). The van der Waals surface area contributed by atoms with E-state index >= 15 is 0 Å².